The molecule has 0 heterocycles. The molecule has 0 saturated heterocycles. The lowest BCUT2D eigenvalue weighted by Gasteiger charge is -2.11. The summed E-state index contributed by atoms with van der Waals surface area (Å²) in [6, 6.07) is 3.51. The SMILES string of the molecule is COC(=O)C(C(=O)O)c1cc(OC)ccc1[N+](=O)[O-]. The topological polar surface area (TPSA) is 116 Å². The quantitative estimate of drug-likeness (QED) is 0.366. The number of carbonyl (C=O) groups is 2. The molecule has 0 bridgehead atoms. The molecule has 1 aromatic carbocycles. The molecule has 0 radical (unpaired) electrons. The van der Waals surface area contributed by atoms with Crippen LogP contribution in [0.5, 0.6) is 5.75 Å². The van der Waals surface area contributed by atoms with Gasteiger partial charge in [0.1, 0.15) is 5.75 Å². The van der Waals surface area contributed by atoms with Crippen molar-refractivity contribution < 1.29 is 29.1 Å². The van der Waals surface area contributed by atoms with Gasteiger partial charge in [0, 0.05) is 6.07 Å². The average Bonchev–Trinajstić information content (AvgIpc) is 2.37. The van der Waals surface area contributed by atoms with E-state index in [2.05, 4.69) is 4.74 Å². The number of hydrogen-bond donors (Lipinski definition) is 1. The summed E-state index contributed by atoms with van der Waals surface area (Å²) in [6.45, 7) is 0. The Kier molecular flexibility index (Phi) is 4.41. The maximum atomic E-state index is 11.5. The van der Waals surface area contributed by atoms with Crippen LogP contribution in [0, 0.1) is 10.1 Å². The highest BCUT2D eigenvalue weighted by Gasteiger charge is 2.35. The Morgan fingerprint density at radius 2 is 2.00 bits per heavy atom. The maximum absolute atomic E-state index is 11.5. The van der Waals surface area contributed by atoms with E-state index in [-0.39, 0.29) is 11.3 Å². The van der Waals surface area contributed by atoms with Crippen LogP contribution >= 0.6 is 0 Å². The minimum absolute atomic E-state index is 0.204. The first-order chi connectivity index (χ1) is 8.92. The normalized spacial score (nSPS) is 11.5. The van der Waals surface area contributed by atoms with Crippen LogP contribution in [0.15, 0.2) is 18.2 Å². The number of carboxylic acids is 1. The van der Waals surface area contributed by atoms with Crippen LogP contribution in [-0.4, -0.2) is 36.2 Å². The molecular weight excluding hydrogens is 258 g/mol. The van der Waals surface area contributed by atoms with Crippen LogP contribution in [0.1, 0.15) is 11.5 Å². The molecule has 1 atom stereocenters. The zero-order chi connectivity index (χ0) is 14.6. The number of nitro groups is 1. The highest BCUT2D eigenvalue weighted by molar-refractivity contribution is 6.01. The third kappa shape index (κ3) is 2.97. The first-order valence-electron chi connectivity index (χ1n) is 5.05. The third-order valence-electron chi connectivity index (χ3n) is 2.43. The van der Waals surface area contributed by atoms with Crippen LogP contribution in [0.4, 0.5) is 5.69 Å². The van der Waals surface area contributed by atoms with Gasteiger partial charge in [-0.2, -0.15) is 0 Å². The van der Waals surface area contributed by atoms with Crippen molar-refractivity contribution in [3.63, 3.8) is 0 Å². The fourth-order valence-electron chi connectivity index (χ4n) is 1.54. The first-order valence-corrected chi connectivity index (χ1v) is 5.05. The number of carboxylic acid groups (broad SMARTS) is 1. The van der Waals surface area contributed by atoms with E-state index in [1.54, 1.807) is 0 Å². The lowest BCUT2D eigenvalue weighted by Crippen LogP contribution is -2.23. The number of esters is 1. The molecule has 0 amide bonds. The van der Waals surface area contributed by atoms with Crippen LogP contribution in [0.2, 0.25) is 0 Å². The second-order valence-electron chi connectivity index (χ2n) is 3.48. The molecule has 102 valence electrons. The Balaban J connectivity index is 3.46. The summed E-state index contributed by atoms with van der Waals surface area (Å²) in [6.07, 6.45) is 0. The Hall–Kier alpha value is -2.64. The van der Waals surface area contributed by atoms with Crippen molar-refractivity contribution >= 4 is 17.6 Å². The monoisotopic (exact) mass is 269 g/mol. The molecule has 1 N–H and O–H groups in total. The lowest BCUT2D eigenvalue weighted by molar-refractivity contribution is -0.385. The Labute approximate surface area is 107 Å². The van der Waals surface area contributed by atoms with E-state index in [9.17, 15) is 19.7 Å². The molecule has 0 aliphatic rings. The van der Waals surface area contributed by atoms with Crippen LogP contribution in [0.25, 0.3) is 0 Å². The van der Waals surface area contributed by atoms with Crippen molar-refractivity contribution in [2.75, 3.05) is 14.2 Å². The molecular formula is C11H11NO7. The molecule has 0 spiro atoms. The predicted molar refractivity (Wildman–Crippen MR) is 62.0 cm³/mol. The molecule has 0 saturated carbocycles. The van der Waals surface area contributed by atoms with E-state index in [0.717, 1.165) is 19.2 Å². The smallest absolute Gasteiger partial charge is 0.324 e. The molecule has 0 aliphatic carbocycles. The summed E-state index contributed by atoms with van der Waals surface area (Å²) in [5.41, 5.74) is -0.776. The number of nitrogens with zero attached hydrogens (tertiary/aromatic N) is 1. The number of carbonyl (C=O) groups excluding carboxylic acids is 1. The summed E-state index contributed by atoms with van der Waals surface area (Å²) in [4.78, 5) is 32.7. The number of rotatable bonds is 5. The molecule has 1 rings (SSSR count). The second kappa shape index (κ2) is 5.80. The second-order valence-corrected chi connectivity index (χ2v) is 3.48. The molecule has 0 aromatic heterocycles. The highest BCUT2D eigenvalue weighted by Crippen LogP contribution is 2.31. The van der Waals surface area contributed by atoms with E-state index >= 15 is 0 Å². The highest BCUT2D eigenvalue weighted by atomic mass is 16.6. The number of hydrogen-bond acceptors (Lipinski definition) is 6. The van der Waals surface area contributed by atoms with Crippen LogP contribution in [-0.2, 0) is 14.3 Å². The van der Waals surface area contributed by atoms with Gasteiger partial charge >= 0.3 is 11.9 Å². The summed E-state index contributed by atoms with van der Waals surface area (Å²) < 4.78 is 9.22. The van der Waals surface area contributed by atoms with Gasteiger partial charge in [0.05, 0.1) is 24.7 Å². The zero-order valence-corrected chi connectivity index (χ0v) is 10.2. The summed E-state index contributed by atoms with van der Waals surface area (Å²) >= 11 is 0. The van der Waals surface area contributed by atoms with Crippen LogP contribution < -0.4 is 4.74 Å². The van der Waals surface area contributed by atoms with Gasteiger partial charge in [-0.1, -0.05) is 0 Å². The van der Waals surface area contributed by atoms with Crippen LogP contribution in [0.3, 0.4) is 0 Å². The number of nitro benzene ring substituents is 1. The summed E-state index contributed by atoms with van der Waals surface area (Å²) in [5.74, 6) is -4.21. The third-order valence-corrected chi connectivity index (χ3v) is 2.43. The zero-order valence-electron chi connectivity index (χ0n) is 10.2. The Morgan fingerprint density at radius 3 is 2.42 bits per heavy atom. The molecule has 8 heteroatoms. The predicted octanol–water partition coefficient (Wildman–Crippen LogP) is 0.945. The molecule has 19 heavy (non-hydrogen) atoms. The van der Waals surface area contributed by atoms with Crippen molar-refractivity contribution in [1.82, 2.24) is 0 Å². The van der Waals surface area contributed by atoms with Gasteiger partial charge in [0.15, 0.2) is 5.92 Å². The van der Waals surface area contributed by atoms with Gasteiger partial charge in [-0.25, -0.2) is 0 Å². The van der Waals surface area contributed by atoms with E-state index in [1.807, 2.05) is 0 Å². The number of methoxy groups -OCH3 is 2. The van der Waals surface area contributed by atoms with Gasteiger partial charge in [-0.15, -0.1) is 0 Å². The number of benzene rings is 1. The van der Waals surface area contributed by atoms with Crippen molar-refractivity contribution in [1.29, 1.82) is 0 Å². The van der Waals surface area contributed by atoms with Crippen molar-refractivity contribution in [2.45, 2.75) is 5.92 Å². The van der Waals surface area contributed by atoms with E-state index in [1.165, 1.54) is 13.2 Å². The maximum Gasteiger partial charge on any atom is 0.324 e. The number of aliphatic carboxylic acids is 1. The van der Waals surface area contributed by atoms with Gasteiger partial charge < -0.3 is 14.6 Å². The molecule has 0 fully saturated rings. The lowest BCUT2D eigenvalue weighted by atomic mass is 9.97. The molecule has 0 aliphatic heterocycles. The number of ether oxygens (including phenoxy) is 2. The largest absolute Gasteiger partial charge is 0.497 e. The van der Waals surface area contributed by atoms with Crippen molar-refractivity contribution in [3.05, 3.63) is 33.9 Å². The fraction of sp³-hybridized carbons (Fsp3) is 0.273. The van der Waals surface area contributed by atoms with E-state index < -0.39 is 28.5 Å². The minimum Gasteiger partial charge on any atom is -0.497 e. The van der Waals surface area contributed by atoms with E-state index in [4.69, 9.17) is 9.84 Å². The first kappa shape index (κ1) is 14.4. The molecule has 8 nitrogen and oxygen atoms in total. The van der Waals surface area contributed by atoms with Crippen molar-refractivity contribution in [2.24, 2.45) is 0 Å². The van der Waals surface area contributed by atoms with Gasteiger partial charge in [-0.05, 0) is 12.1 Å². The minimum atomic E-state index is -1.78. The van der Waals surface area contributed by atoms with Gasteiger partial charge in [0.25, 0.3) is 5.69 Å². The molecule has 1 aromatic rings. The van der Waals surface area contributed by atoms with E-state index in [0.29, 0.717) is 0 Å². The molecule has 1 unspecified atom stereocenters. The fourth-order valence-corrected chi connectivity index (χ4v) is 1.54. The van der Waals surface area contributed by atoms with Gasteiger partial charge in [-0.3, -0.25) is 19.7 Å². The van der Waals surface area contributed by atoms with Crippen molar-refractivity contribution in [3.8, 4) is 5.75 Å². The summed E-state index contributed by atoms with van der Waals surface area (Å²) in [5, 5.41) is 19.9. The Morgan fingerprint density at radius 1 is 1.37 bits per heavy atom. The van der Waals surface area contributed by atoms with Gasteiger partial charge in [0.2, 0.25) is 0 Å². The standard InChI is InChI=1S/C11H11NO7/c1-18-6-3-4-8(12(16)17)7(5-6)9(10(13)14)11(15)19-2/h3-5,9H,1-2H3,(H,13,14). The average molecular weight is 269 g/mol. The summed E-state index contributed by atoms with van der Waals surface area (Å²) in [7, 11) is 2.32. The Bertz CT molecular complexity index is 526.